The number of aliphatic hydroxyl groups excluding tert-OH is 1. The summed E-state index contributed by atoms with van der Waals surface area (Å²) >= 11 is 0. The van der Waals surface area contributed by atoms with Crippen LogP contribution in [-0.2, 0) is 16.1 Å². The molecule has 114 valence electrons. The molecule has 0 aliphatic rings. The molecule has 0 saturated carbocycles. The molecule has 0 heterocycles. The molecule has 0 radical (unpaired) electrons. The summed E-state index contributed by atoms with van der Waals surface area (Å²) in [5, 5.41) is 11.3. The van der Waals surface area contributed by atoms with Crippen molar-refractivity contribution in [3.8, 4) is 11.8 Å². The van der Waals surface area contributed by atoms with E-state index in [1.54, 1.807) is 19.9 Å². The lowest BCUT2D eigenvalue weighted by atomic mass is 10.0. The van der Waals surface area contributed by atoms with Gasteiger partial charge in [0.2, 0.25) is 5.91 Å². The fourth-order valence-corrected chi connectivity index (χ4v) is 1.64. The number of rotatable bonds is 5. The average Bonchev–Trinajstić information content (AvgIpc) is 2.44. The third-order valence-electron chi connectivity index (χ3n) is 2.97. The van der Waals surface area contributed by atoms with Crippen LogP contribution in [0.1, 0.15) is 31.4 Å². The lowest BCUT2D eigenvalue weighted by molar-refractivity contribution is -0.126. The minimum Gasteiger partial charge on any atom is -0.384 e. The molecular formula is C16H20FNO3. The maximum atomic E-state index is 13.7. The lowest BCUT2D eigenvalue weighted by Gasteiger charge is -2.21. The second-order valence-corrected chi connectivity index (χ2v) is 5.18. The van der Waals surface area contributed by atoms with Crippen molar-refractivity contribution in [2.75, 3.05) is 13.7 Å². The van der Waals surface area contributed by atoms with E-state index >= 15 is 0 Å². The van der Waals surface area contributed by atoms with E-state index in [4.69, 9.17) is 9.84 Å². The Labute approximate surface area is 124 Å². The van der Waals surface area contributed by atoms with Gasteiger partial charge in [-0.25, -0.2) is 4.39 Å². The van der Waals surface area contributed by atoms with Crippen LogP contribution in [0.15, 0.2) is 18.2 Å². The molecule has 0 spiro atoms. The summed E-state index contributed by atoms with van der Waals surface area (Å²) in [7, 11) is 1.54. The summed E-state index contributed by atoms with van der Waals surface area (Å²) in [5.41, 5.74) is 0.382. The van der Waals surface area contributed by atoms with Crippen LogP contribution in [0.25, 0.3) is 0 Å². The fraction of sp³-hybridized carbons (Fsp3) is 0.438. The molecule has 2 N–H and O–H groups in total. The van der Waals surface area contributed by atoms with Crippen LogP contribution < -0.4 is 5.32 Å². The molecule has 0 aliphatic carbocycles. The predicted octanol–water partition coefficient (Wildman–Crippen LogP) is 1.60. The number of ether oxygens (including phenoxy) is 1. The maximum Gasteiger partial charge on any atom is 0.223 e. The third kappa shape index (κ3) is 5.94. The van der Waals surface area contributed by atoms with Gasteiger partial charge in [-0.1, -0.05) is 11.8 Å². The Hall–Kier alpha value is -1.90. The Kier molecular flexibility index (Phi) is 6.35. The third-order valence-corrected chi connectivity index (χ3v) is 2.97. The van der Waals surface area contributed by atoms with Crippen LogP contribution in [-0.4, -0.2) is 30.3 Å². The molecule has 1 amide bonds. The number of benzene rings is 1. The van der Waals surface area contributed by atoms with Gasteiger partial charge in [0.15, 0.2) is 0 Å². The zero-order chi connectivity index (χ0) is 15.9. The van der Waals surface area contributed by atoms with Crippen molar-refractivity contribution >= 4 is 5.91 Å². The van der Waals surface area contributed by atoms with Gasteiger partial charge in [-0.05, 0) is 32.0 Å². The van der Waals surface area contributed by atoms with E-state index in [2.05, 4.69) is 17.2 Å². The molecule has 4 nitrogen and oxygen atoms in total. The fourth-order valence-electron chi connectivity index (χ4n) is 1.64. The summed E-state index contributed by atoms with van der Waals surface area (Å²) in [6.07, 6.45) is 0.190. The predicted molar refractivity (Wildman–Crippen MR) is 77.9 cm³/mol. The second-order valence-electron chi connectivity index (χ2n) is 5.18. The number of hydrogen-bond donors (Lipinski definition) is 2. The minimum absolute atomic E-state index is 0.0824. The van der Waals surface area contributed by atoms with E-state index in [9.17, 15) is 9.18 Å². The van der Waals surface area contributed by atoms with Crippen LogP contribution in [0.5, 0.6) is 0 Å². The molecule has 1 aromatic rings. The van der Waals surface area contributed by atoms with Crippen molar-refractivity contribution in [2.24, 2.45) is 0 Å². The monoisotopic (exact) mass is 293 g/mol. The molecule has 0 aromatic heterocycles. The van der Waals surface area contributed by atoms with Crippen molar-refractivity contribution in [3.05, 3.63) is 35.1 Å². The summed E-state index contributed by atoms with van der Waals surface area (Å²) in [6, 6.07) is 4.37. The van der Waals surface area contributed by atoms with E-state index in [0.717, 1.165) is 0 Å². The Morgan fingerprint density at radius 2 is 2.19 bits per heavy atom. The van der Waals surface area contributed by atoms with Crippen molar-refractivity contribution in [1.82, 2.24) is 5.32 Å². The van der Waals surface area contributed by atoms with Gasteiger partial charge in [0.05, 0.1) is 12.0 Å². The lowest BCUT2D eigenvalue weighted by Crippen LogP contribution is -2.33. The smallest absolute Gasteiger partial charge is 0.223 e. The van der Waals surface area contributed by atoms with E-state index in [1.807, 2.05) is 0 Å². The summed E-state index contributed by atoms with van der Waals surface area (Å²) in [4.78, 5) is 11.8. The molecule has 0 fully saturated rings. The number of carbonyl (C=O) groups is 1. The van der Waals surface area contributed by atoms with Crippen LogP contribution in [0, 0.1) is 17.7 Å². The number of methoxy groups -OCH3 is 1. The van der Waals surface area contributed by atoms with Crippen LogP contribution >= 0.6 is 0 Å². The molecule has 1 rings (SSSR count). The first-order valence-electron chi connectivity index (χ1n) is 6.58. The molecule has 5 heteroatoms. The minimum atomic E-state index is -0.558. The molecule has 0 aliphatic heterocycles. The quantitative estimate of drug-likeness (QED) is 0.811. The highest BCUT2D eigenvalue weighted by Gasteiger charge is 2.20. The molecular weight excluding hydrogens is 273 g/mol. The molecule has 0 unspecified atom stereocenters. The first-order chi connectivity index (χ1) is 9.88. The van der Waals surface area contributed by atoms with Gasteiger partial charge in [-0.15, -0.1) is 0 Å². The van der Waals surface area contributed by atoms with Crippen molar-refractivity contribution in [1.29, 1.82) is 0 Å². The number of carbonyl (C=O) groups excluding carboxylic acids is 1. The number of nitrogens with one attached hydrogen (secondary N) is 1. The summed E-state index contributed by atoms with van der Waals surface area (Å²) in [5.74, 6) is 4.57. The van der Waals surface area contributed by atoms with Crippen molar-refractivity contribution in [2.45, 2.75) is 32.4 Å². The Morgan fingerprint density at radius 1 is 1.48 bits per heavy atom. The van der Waals surface area contributed by atoms with Gasteiger partial charge in [0, 0.05) is 24.8 Å². The molecule has 0 atom stereocenters. The summed E-state index contributed by atoms with van der Waals surface area (Å²) in [6.45, 7) is 3.44. The zero-order valence-electron chi connectivity index (χ0n) is 12.5. The first kappa shape index (κ1) is 17.2. The molecule has 21 heavy (non-hydrogen) atoms. The van der Waals surface area contributed by atoms with Gasteiger partial charge in [-0.2, -0.15) is 0 Å². The second kappa shape index (κ2) is 7.77. The molecule has 1 aromatic carbocycles. The Morgan fingerprint density at radius 3 is 2.81 bits per heavy atom. The highest BCUT2D eigenvalue weighted by molar-refractivity contribution is 5.76. The van der Waals surface area contributed by atoms with E-state index in [1.165, 1.54) is 19.2 Å². The van der Waals surface area contributed by atoms with Crippen LogP contribution in [0.2, 0.25) is 0 Å². The summed E-state index contributed by atoms with van der Waals surface area (Å²) < 4.78 is 18.8. The van der Waals surface area contributed by atoms with Crippen LogP contribution in [0.4, 0.5) is 4.39 Å². The van der Waals surface area contributed by atoms with Gasteiger partial charge in [0.25, 0.3) is 0 Å². The average molecular weight is 293 g/mol. The van der Waals surface area contributed by atoms with Crippen molar-refractivity contribution in [3.63, 3.8) is 0 Å². The van der Waals surface area contributed by atoms with E-state index < -0.39 is 11.4 Å². The molecule has 0 saturated heterocycles. The standard InChI is InChI=1S/C16H20FNO3/c1-16(2,21-3)10-15(20)18-11-13-9-12(5-4-8-19)6-7-14(13)17/h6-7,9,19H,8,10-11H2,1-3H3,(H,18,20). The van der Waals surface area contributed by atoms with Gasteiger partial charge in [-0.3, -0.25) is 4.79 Å². The normalized spacial score (nSPS) is 10.7. The number of hydrogen-bond acceptors (Lipinski definition) is 3. The topological polar surface area (TPSA) is 58.6 Å². The van der Waals surface area contributed by atoms with E-state index in [-0.39, 0.29) is 25.5 Å². The largest absolute Gasteiger partial charge is 0.384 e. The van der Waals surface area contributed by atoms with Gasteiger partial charge in [0.1, 0.15) is 12.4 Å². The van der Waals surface area contributed by atoms with E-state index in [0.29, 0.717) is 11.1 Å². The molecule has 0 bridgehead atoms. The SMILES string of the molecule is COC(C)(C)CC(=O)NCc1cc(C#CCO)ccc1F. The number of halogens is 1. The van der Waals surface area contributed by atoms with Crippen LogP contribution in [0.3, 0.4) is 0 Å². The Balaban J connectivity index is 2.68. The number of amides is 1. The maximum absolute atomic E-state index is 13.7. The number of aliphatic hydroxyl groups is 1. The Bertz CT molecular complexity index is 558. The first-order valence-corrected chi connectivity index (χ1v) is 6.58. The van der Waals surface area contributed by atoms with Gasteiger partial charge >= 0.3 is 0 Å². The van der Waals surface area contributed by atoms with Crippen molar-refractivity contribution < 1.29 is 19.0 Å². The van der Waals surface area contributed by atoms with Gasteiger partial charge < -0.3 is 15.2 Å². The highest BCUT2D eigenvalue weighted by Crippen LogP contribution is 2.13. The highest BCUT2D eigenvalue weighted by atomic mass is 19.1. The zero-order valence-corrected chi connectivity index (χ0v) is 12.5.